The fraction of sp³-hybridized carbons (Fsp3) is 0.409. The summed E-state index contributed by atoms with van der Waals surface area (Å²) in [5, 5.41) is 3.27. The number of ether oxygens (including phenoxy) is 2. The Bertz CT molecular complexity index is 733. The van der Waals surface area contributed by atoms with Crippen LogP contribution in [0.3, 0.4) is 0 Å². The zero-order chi connectivity index (χ0) is 20.0. The first-order chi connectivity index (χ1) is 12.8. The Morgan fingerprint density at radius 3 is 1.96 bits per heavy atom. The average molecular weight is 370 g/mol. The summed E-state index contributed by atoms with van der Waals surface area (Å²) in [6.07, 6.45) is 0. The van der Waals surface area contributed by atoms with Gasteiger partial charge in [0.2, 0.25) is 5.91 Å². The van der Waals surface area contributed by atoms with Gasteiger partial charge in [-0.05, 0) is 71.0 Å². The van der Waals surface area contributed by atoms with Crippen molar-refractivity contribution >= 4 is 11.6 Å². The maximum atomic E-state index is 12.7. The van der Waals surface area contributed by atoms with E-state index in [2.05, 4.69) is 5.32 Å². The van der Waals surface area contributed by atoms with Gasteiger partial charge in [0.15, 0.2) is 11.5 Å². The molecule has 2 aromatic rings. The summed E-state index contributed by atoms with van der Waals surface area (Å²) in [6, 6.07) is 15.1. The summed E-state index contributed by atoms with van der Waals surface area (Å²) in [4.78, 5) is 14.6. The number of carbonyl (C=O) groups excluding carboxylic acids is 1. The summed E-state index contributed by atoms with van der Waals surface area (Å²) < 4.78 is 11.2. The second-order valence-corrected chi connectivity index (χ2v) is 7.08. The number of nitrogens with zero attached hydrogens (tertiary/aromatic N) is 1. The van der Waals surface area contributed by atoms with Crippen molar-refractivity contribution in [2.75, 3.05) is 12.4 Å². The summed E-state index contributed by atoms with van der Waals surface area (Å²) in [5.41, 5.74) is 0.871. The summed E-state index contributed by atoms with van der Waals surface area (Å²) in [6.45, 7) is 10.0. The van der Waals surface area contributed by atoms with Gasteiger partial charge in [-0.15, -0.1) is 0 Å². The number of amides is 1. The molecule has 0 aliphatic carbocycles. The number of hydrogen-bond acceptors (Lipinski definition) is 4. The van der Waals surface area contributed by atoms with Crippen molar-refractivity contribution in [2.45, 2.75) is 52.7 Å². The van der Waals surface area contributed by atoms with E-state index < -0.39 is 0 Å². The van der Waals surface area contributed by atoms with E-state index in [1.165, 1.54) is 0 Å². The monoisotopic (exact) mass is 370 g/mol. The van der Waals surface area contributed by atoms with Gasteiger partial charge in [-0.1, -0.05) is 12.1 Å². The first-order valence-corrected chi connectivity index (χ1v) is 9.33. The minimum atomic E-state index is -0.309. The topological polar surface area (TPSA) is 50.8 Å². The van der Waals surface area contributed by atoms with Crippen molar-refractivity contribution in [1.82, 2.24) is 4.90 Å². The smallest absolute Gasteiger partial charge is 0.245 e. The molecule has 2 aromatic carbocycles. The van der Waals surface area contributed by atoms with Crippen LogP contribution in [-0.4, -0.2) is 36.0 Å². The Kier molecular flexibility index (Phi) is 7.11. The molecule has 0 radical (unpaired) electrons. The zero-order valence-electron chi connectivity index (χ0n) is 17.0. The molecule has 0 heterocycles. The molecule has 0 fully saturated rings. The Hall–Kier alpha value is -2.69. The van der Waals surface area contributed by atoms with E-state index in [0.29, 0.717) is 17.2 Å². The number of methoxy groups -OCH3 is 1. The van der Waals surface area contributed by atoms with E-state index >= 15 is 0 Å². The molecular formula is C22H30N2O3. The normalized spacial score (nSPS) is 12.0. The van der Waals surface area contributed by atoms with Gasteiger partial charge in [0.1, 0.15) is 11.8 Å². The molecule has 1 unspecified atom stereocenters. The van der Waals surface area contributed by atoms with E-state index in [0.717, 1.165) is 5.69 Å². The van der Waals surface area contributed by atoms with Crippen molar-refractivity contribution < 1.29 is 14.3 Å². The first-order valence-electron chi connectivity index (χ1n) is 9.33. The van der Waals surface area contributed by atoms with Crippen molar-refractivity contribution in [1.29, 1.82) is 0 Å². The van der Waals surface area contributed by atoms with Crippen LogP contribution in [-0.2, 0) is 4.79 Å². The van der Waals surface area contributed by atoms with E-state index in [1.807, 2.05) is 88.0 Å². The molecule has 1 atom stereocenters. The summed E-state index contributed by atoms with van der Waals surface area (Å²) in [7, 11) is 1.62. The van der Waals surface area contributed by atoms with Gasteiger partial charge >= 0.3 is 0 Å². The van der Waals surface area contributed by atoms with Crippen LogP contribution in [0.5, 0.6) is 17.2 Å². The molecule has 0 bridgehead atoms. The maximum absolute atomic E-state index is 12.7. The highest BCUT2D eigenvalue weighted by Crippen LogP contribution is 2.31. The van der Waals surface area contributed by atoms with Crippen LogP contribution in [0.4, 0.5) is 5.69 Å². The van der Waals surface area contributed by atoms with E-state index in [4.69, 9.17) is 9.47 Å². The van der Waals surface area contributed by atoms with Crippen LogP contribution in [0.25, 0.3) is 0 Å². The number of rotatable bonds is 8. The molecule has 146 valence electrons. The zero-order valence-corrected chi connectivity index (χ0v) is 17.0. The highest BCUT2D eigenvalue weighted by Gasteiger charge is 2.24. The van der Waals surface area contributed by atoms with Gasteiger partial charge in [-0.2, -0.15) is 0 Å². The van der Waals surface area contributed by atoms with Gasteiger partial charge in [-0.3, -0.25) is 4.79 Å². The molecule has 0 saturated heterocycles. The Morgan fingerprint density at radius 2 is 1.44 bits per heavy atom. The van der Waals surface area contributed by atoms with Crippen LogP contribution in [0, 0.1) is 0 Å². The molecule has 1 amide bonds. The van der Waals surface area contributed by atoms with E-state index in [9.17, 15) is 4.79 Å². The van der Waals surface area contributed by atoms with Crippen molar-refractivity contribution in [3.63, 3.8) is 0 Å². The van der Waals surface area contributed by atoms with E-state index in [-0.39, 0.29) is 24.0 Å². The Morgan fingerprint density at radius 1 is 0.889 bits per heavy atom. The van der Waals surface area contributed by atoms with Gasteiger partial charge in [0.25, 0.3) is 0 Å². The van der Waals surface area contributed by atoms with Gasteiger partial charge in [0, 0.05) is 17.8 Å². The number of para-hydroxylation sites is 2. The number of carbonyl (C=O) groups is 1. The van der Waals surface area contributed by atoms with Crippen LogP contribution < -0.4 is 14.8 Å². The van der Waals surface area contributed by atoms with Crippen molar-refractivity contribution in [2.24, 2.45) is 0 Å². The Balaban J connectivity index is 2.03. The standard InChI is InChI=1S/C22H30N2O3/c1-15(2)24(16(3)4)22(25)17(5)23-18-11-13-19(14-12-18)27-21-10-8-7-9-20(21)26-6/h7-17,23H,1-6H3. The van der Waals surface area contributed by atoms with Gasteiger partial charge in [0.05, 0.1) is 7.11 Å². The van der Waals surface area contributed by atoms with Crippen molar-refractivity contribution in [3.05, 3.63) is 48.5 Å². The predicted molar refractivity (Wildman–Crippen MR) is 110 cm³/mol. The van der Waals surface area contributed by atoms with Crippen LogP contribution in [0.1, 0.15) is 34.6 Å². The number of anilines is 1. The molecule has 1 N–H and O–H groups in total. The lowest BCUT2D eigenvalue weighted by molar-refractivity contribution is -0.135. The molecule has 0 aliphatic rings. The molecule has 27 heavy (non-hydrogen) atoms. The quantitative estimate of drug-likeness (QED) is 0.715. The van der Waals surface area contributed by atoms with Crippen LogP contribution in [0.2, 0.25) is 0 Å². The first kappa shape index (κ1) is 20.6. The number of hydrogen-bond donors (Lipinski definition) is 1. The molecule has 5 nitrogen and oxygen atoms in total. The van der Waals surface area contributed by atoms with E-state index in [1.54, 1.807) is 7.11 Å². The molecule has 0 aliphatic heterocycles. The maximum Gasteiger partial charge on any atom is 0.245 e. The highest BCUT2D eigenvalue weighted by molar-refractivity contribution is 5.84. The lowest BCUT2D eigenvalue weighted by Crippen LogP contribution is -2.48. The summed E-state index contributed by atoms with van der Waals surface area (Å²) >= 11 is 0. The predicted octanol–water partition coefficient (Wildman–Crippen LogP) is 4.93. The third kappa shape index (κ3) is 5.39. The Labute approximate surface area is 162 Å². The minimum Gasteiger partial charge on any atom is -0.493 e. The molecule has 0 aromatic heterocycles. The number of benzene rings is 2. The van der Waals surface area contributed by atoms with Crippen LogP contribution >= 0.6 is 0 Å². The third-order valence-electron chi connectivity index (χ3n) is 4.27. The molecule has 5 heteroatoms. The fourth-order valence-electron chi connectivity index (χ4n) is 3.09. The lowest BCUT2D eigenvalue weighted by atomic mass is 10.1. The third-order valence-corrected chi connectivity index (χ3v) is 4.27. The molecule has 0 spiro atoms. The SMILES string of the molecule is COc1ccccc1Oc1ccc(NC(C)C(=O)N(C(C)C)C(C)C)cc1. The molecular weight excluding hydrogens is 340 g/mol. The second-order valence-electron chi connectivity index (χ2n) is 7.08. The van der Waals surface area contributed by atoms with Crippen molar-refractivity contribution in [3.8, 4) is 17.2 Å². The average Bonchev–Trinajstić information content (AvgIpc) is 2.63. The molecule has 2 rings (SSSR count). The van der Waals surface area contributed by atoms with Gasteiger partial charge < -0.3 is 19.7 Å². The fourth-order valence-corrected chi connectivity index (χ4v) is 3.09. The van der Waals surface area contributed by atoms with Gasteiger partial charge in [-0.25, -0.2) is 0 Å². The summed E-state index contributed by atoms with van der Waals surface area (Å²) in [5.74, 6) is 2.14. The lowest BCUT2D eigenvalue weighted by Gasteiger charge is -2.33. The van der Waals surface area contributed by atoms with Crippen LogP contribution in [0.15, 0.2) is 48.5 Å². The highest BCUT2D eigenvalue weighted by atomic mass is 16.5. The molecule has 0 saturated carbocycles. The second kappa shape index (κ2) is 9.31. The largest absolute Gasteiger partial charge is 0.493 e. The minimum absolute atomic E-state index is 0.0920. The number of nitrogens with one attached hydrogen (secondary N) is 1.